The molecule has 0 saturated carbocycles. The quantitative estimate of drug-likeness (QED) is 0.765. The third-order valence-electron chi connectivity index (χ3n) is 1.99. The summed E-state index contributed by atoms with van der Waals surface area (Å²) in [5.74, 6) is 0.379. The van der Waals surface area contributed by atoms with Gasteiger partial charge >= 0.3 is 0 Å². The average Bonchev–Trinajstić information content (AvgIpc) is 2.15. The Bertz CT molecular complexity index is 318. The standard InChI is InChI=1S/C10H16ClN3/c1-10(2,3)9-7(6-12)4-8(5-11)13-14-9/h4H,5-6,12H2,1-3H3. The van der Waals surface area contributed by atoms with Crippen molar-refractivity contribution in [1.29, 1.82) is 0 Å². The number of hydrogen-bond acceptors (Lipinski definition) is 3. The Morgan fingerprint density at radius 3 is 2.43 bits per heavy atom. The summed E-state index contributed by atoms with van der Waals surface area (Å²) in [6.45, 7) is 6.76. The molecule has 0 aliphatic carbocycles. The minimum atomic E-state index is -0.0213. The Morgan fingerprint density at radius 2 is 2.00 bits per heavy atom. The highest BCUT2D eigenvalue weighted by Crippen LogP contribution is 2.23. The zero-order valence-corrected chi connectivity index (χ0v) is 9.60. The molecule has 1 rings (SSSR count). The van der Waals surface area contributed by atoms with Gasteiger partial charge in [-0.3, -0.25) is 0 Å². The number of alkyl halides is 1. The molecule has 4 heteroatoms. The molecule has 2 N–H and O–H groups in total. The van der Waals surface area contributed by atoms with Crippen LogP contribution in [0.1, 0.15) is 37.7 Å². The van der Waals surface area contributed by atoms with Crippen molar-refractivity contribution in [2.24, 2.45) is 5.73 Å². The summed E-state index contributed by atoms with van der Waals surface area (Å²) < 4.78 is 0. The van der Waals surface area contributed by atoms with E-state index in [2.05, 4.69) is 31.0 Å². The van der Waals surface area contributed by atoms with E-state index in [0.717, 1.165) is 17.0 Å². The zero-order chi connectivity index (χ0) is 10.8. The molecule has 0 aromatic carbocycles. The predicted octanol–water partition coefficient (Wildman–Crippen LogP) is 1.97. The maximum absolute atomic E-state index is 5.68. The topological polar surface area (TPSA) is 51.8 Å². The minimum Gasteiger partial charge on any atom is -0.326 e. The smallest absolute Gasteiger partial charge is 0.0782 e. The number of halogens is 1. The summed E-state index contributed by atoms with van der Waals surface area (Å²) in [6.07, 6.45) is 0. The van der Waals surface area contributed by atoms with Crippen LogP contribution in [-0.4, -0.2) is 10.2 Å². The third-order valence-corrected chi connectivity index (χ3v) is 2.26. The largest absolute Gasteiger partial charge is 0.326 e. The molecule has 0 unspecified atom stereocenters. The van der Waals surface area contributed by atoms with E-state index in [-0.39, 0.29) is 5.41 Å². The lowest BCUT2D eigenvalue weighted by atomic mass is 9.88. The molecular formula is C10H16ClN3. The summed E-state index contributed by atoms with van der Waals surface area (Å²) >= 11 is 5.68. The van der Waals surface area contributed by atoms with E-state index < -0.39 is 0 Å². The van der Waals surface area contributed by atoms with Crippen LogP contribution in [0.15, 0.2) is 6.07 Å². The molecule has 0 aliphatic heterocycles. The molecular weight excluding hydrogens is 198 g/mol. The predicted molar refractivity (Wildman–Crippen MR) is 58.2 cm³/mol. The second-order valence-electron chi connectivity index (χ2n) is 4.30. The van der Waals surface area contributed by atoms with Crippen molar-refractivity contribution in [2.75, 3.05) is 0 Å². The van der Waals surface area contributed by atoms with Crippen molar-refractivity contribution < 1.29 is 0 Å². The van der Waals surface area contributed by atoms with Crippen LogP contribution in [0.5, 0.6) is 0 Å². The Kier molecular flexibility index (Phi) is 3.45. The van der Waals surface area contributed by atoms with E-state index in [4.69, 9.17) is 17.3 Å². The summed E-state index contributed by atoms with van der Waals surface area (Å²) in [5, 5.41) is 8.21. The number of rotatable bonds is 2. The fraction of sp³-hybridized carbons (Fsp3) is 0.600. The van der Waals surface area contributed by atoms with Gasteiger partial charge in [-0.15, -0.1) is 11.6 Å². The van der Waals surface area contributed by atoms with Crippen molar-refractivity contribution in [3.05, 3.63) is 23.0 Å². The Balaban J connectivity index is 3.18. The van der Waals surface area contributed by atoms with Crippen LogP contribution >= 0.6 is 11.6 Å². The first-order valence-corrected chi connectivity index (χ1v) is 5.14. The second-order valence-corrected chi connectivity index (χ2v) is 4.56. The van der Waals surface area contributed by atoms with Crippen LogP contribution in [-0.2, 0) is 17.8 Å². The van der Waals surface area contributed by atoms with Crippen molar-refractivity contribution >= 4 is 11.6 Å². The Hall–Kier alpha value is -0.670. The van der Waals surface area contributed by atoms with Gasteiger partial charge in [0.05, 0.1) is 17.3 Å². The van der Waals surface area contributed by atoms with Crippen LogP contribution in [0.25, 0.3) is 0 Å². The maximum atomic E-state index is 5.68. The summed E-state index contributed by atoms with van der Waals surface area (Å²) in [5.41, 5.74) is 8.40. The molecule has 3 nitrogen and oxygen atoms in total. The molecule has 0 spiro atoms. The molecule has 0 radical (unpaired) electrons. The number of aromatic nitrogens is 2. The van der Waals surface area contributed by atoms with Gasteiger partial charge in [-0.2, -0.15) is 10.2 Å². The zero-order valence-electron chi connectivity index (χ0n) is 8.84. The summed E-state index contributed by atoms with van der Waals surface area (Å²) in [7, 11) is 0. The first-order valence-electron chi connectivity index (χ1n) is 4.61. The third kappa shape index (κ3) is 2.42. The molecule has 1 heterocycles. The molecule has 0 aliphatic rings. The lowest BCUT2D eigenvalue weighted by molar-refractivity contribution is 0.548. The molecule has 0 fully saturated rings. The van der Waals surface area contributed by atoms with Gasteiger partial charge in [-0.25, -0.2) is 0 Å². The van der Waals surface area contributed by atoms with Crippen LogP contribution < -0.4 is 5.73 Å². The maximum Gasteiger partial charge on any atom is 0.0782 e. The molecule has 0 bridgehead atoms. The van der Waals surface area contributed by atoms with E-state index in [1.807, 2.05) is 6.07 Å². The molecule has 1 aromatic rings. The molecule has 0 saturated heterocycles. The van der Waals surface area contributed by atoms with Gasteiger partial charge in [0.1, 0.15) is 0 Å². The normalized spacial score (nSPS) is 11.8. The first kappa shape index (κ1) is 11.4. The highest BCUT2D eigenvalue weighted by atomic mass is 35.5. The van der Waals surface area contributed by atoms with E-state index >= 15 is 0 Å². The van der Waals surface area contributed by atoms with E-state index in [1.165, 1.54) is 0 Å². The van der Waals surface area contributed by atoms with Gasteiger partial charge in [0, 0.05) is 12.0 Å². The Morgan fingerprint density at radius 1 is 1.36 bits per heavy atom. The monoisotopic (exact) mass is 213 g/mol. The van der Waals surface area contributed by atoms with Crippen LogP contribution in [0.3, 0.4) is 0 Å². The molecule has 1 aromatic heterocycles. The molecule has 14 heavy (non-hydrogen) atoms. The van der Waals surface area contributed by atoms with Gasteiger partial charge in [0.2, 0.25) is 0 Å². The van der Waals surface area contributed by atoms with Gasteiger partial charge < -0.3 is 5.73 Å². The molecule has 0 amide bonds. The lowest BCUT2D eigenvalue weighted by Crippen LogP contribution is -2.19. The van der Waals surface area contributed by atoms with Crippen LogP contribution in [0.2, 0.25) is 0 Å². The minimum absolute atomic E-state index is 0.0213. The van der Waals surface area contributed by atoms with Crippen LogP contribution in [0, 0.1) is 0 Å². The van der Waals surface area contributed by atoms with E-state index in [1.54, 1.807) is 0 Å². The van der Waals surface area contributed by atoms with E-state index in [9.17, 15) is 0 Å². The second kappa shape index (κ2) is 4.24. The number of nitrogens with zero attached hydrogens (tertiary/aromatic N) is 2. The number of nitrogens with two attached hydrogens (primary N) is 1. The average molecular weight is 214 g/mol. The van der Waals surface area contributed by atoms with Crippen molar-refractivity contribution in [3.8, 4) is 0 Å². The van der Waals surface area contributed by atoms with Crippen molar-refractivity contribution in [1.82, 2.24) is 10.2 Å². The number of hydrogen-bond donors (Lipinski definition) is 1. The molecule has 0 atom stereocenters. The van der Waals surface area contributed by atoms with Gasteiger partial charge in [0.15, 0.2) is 0 Å². The van der Waals surface area contributed by atoms with Gasteiger partial charge in [0.25, 0.3) is 0 Å². The van der Waals surface area contributed by atoms with Crippen molar-refractivity contribution in [2.45, 2.75) is 38.6 Å². The fourth-order valence-electron chi connectivity index (χ4n) is 1.33. The lowest BCUT2D eigenvalue weighted by Gasteiger charge is -2.20. The fourth-order valence-corrected chi connectivity index (χ4v) is 1.46. The van der Waals surface area contributed by atoms with Crippen LogP contribution in [0.4, 0.5) is 0 Å². The first-order chi connectivity index (χ1) is 6.49. The van der Waals surface area contributed by atoms with E-state index in [0.29, 0.717) is 12.4 Å². The van der Waals surface area contributed by atoms with Crippen molar-refractivity contribution in [3.63, 3.8) is 0 Å². The Labute approximate surface area is 89.7 Å². The SMILES string of the molecule is CC(C)(C)c1nnc(CCl)cc1CN. The van der Waals surface area contributed by atoms with Gasteiger partial charge in [-0.1, -0.05) is 20.8 Å². The molecule has 78 valence electrons. The highest BCUT2D eigenvalue weighted by Gasteiger charge is 2.20. The highest BCUT2D eigenvalue weighted by molar-refractivity contribution is 6.16. The summed E-state index contributed by atoms with van der Waals surface area (Å²) in [4.78, 5) is 0. The summed E-state index contributed by atoms with van der Waals surface area (Å²) in [6, 6.07) is 1.93. The van der Waals surface area contributed by atoms with Gasteiger partial charge in [-0.05, 0) is 11.6 Å².